The van der Waals surface area contributed by atoms with Gasteiger partial charge in [0.1, 0.15) is 0 Å². The highest BCUT2D eigenvalue weighted by Gasteiger charge is 2.33. The maximum Gasteiger partial charge on any atom is 0.315 e. The third kappa shape index (κ3) is 4.46. The van der Waals surface area contributed by atoms with Gasteiger partial charge in [0, 0.05) is 30.8 Å². The van der Waals surface area contributed by atoms with Crippen LogP contribution in [0.25, 0.3) is 0 Å². The van der Waals surface area contributed by atoms with Gasteiger partial charge in [-0.05, 0) is 30.9 Å². The molecule has 148 valence electrons. The SMILES string of the molecule is COc1ccc(N2C[C@H](NC(=O)N[C@@H]3CCCC[C@H]3C)CC2=O)cc1OC. The maximum atomic E-state index is 12.4. The Bertz CT molecular complexity index is 694. The number of nitrogens with zero attached hydrogens (tertiary/aromatic N) is 1. The Kier molecular flexibility index (Phi) is 6.08. The summed E-state index contributed by atoms with van der Waals surface area (Å²) >= 11 is 0. The number of nitrogens with one attached hydrogen (secondary N) is 2. The first kappa shape index (κ1) is 19.3. The van der Waals surface area contributed by atoms with Crippen LogP contribution < -0.4 is 25.0 Å². The molecule has 0 radical (unpaired) electrons. The van der Waals surface area contributed by atoms with Crippen LogP contribution in [0.15, 0.2) is 18.2 Å². The van der Waals surface area contributed by atoms with Gasteiger partial charge in [0.2, 0.25) is 5.91 Å². The number of urea groups is 1. The number of hydrogen-bond acceptors (Lipinski definition) is 4. The fourth-order valence-electron chi connectivity index (χ4n) is 3.97. The Morgan fingerprint density at radius 1 is 1.11 bits per heavy atom. The van der Waals surface area contributed by atoms with Gasteiger partial charge in [0.25, 0.3) is 0 Å². The molecule has 1 aromatic carbocycles. The molecule has 2 aliphatic rings. The van der Waals surface area contributed by atoms with Gasteiger partial charge in [-0.1, -0.05) is 19.8 Å². The molecule has 3 amide bonds. The zero-order valence-corrected chi connectivity index (χ0v) is 16.3. The standard InChI is InChI=1S/C20H29N3O4/c1-13-6-4-5-7-16(13)22-20(25)21-14-10-19(24)23(12-14)15-8-9-17(26-2)18(11-15)27-3/h8-9,11,13-14,16H,4-7,10,12H2,1-3H3,(H2,21,22,25)/t13-,14-,16-/m1/s1. The van der Waals surface area contributed by atoms with Gasteiger partial charge in [0.05, 0.1) is 20.3 Å². The van der Waals surface area contributed by atoms with E-state index in [-0.39, 0.29) is 24.0 Å². The van der Waals surface area contributed by atoms with Crippen molar-refractivity contribution in [1.29, 1.82) is 0 Å². The zero-order valence-electron chi connectivity index (χ0n) is 16.3. The van der Waals surface area contributed by atoms with E-state index < -0.39 is 0 Å². The number of benzene rings is 1. The molecule has 1 saturated heterocycles. The molecule has 1 heterocycles. The van der Waals surface area contributed by atoms with Crippen LogP contribution in [0.5, 0.6) is 11.5 Å². The quantitative estimate of drug-likeness (QED) is 0.829. The van der Waals surface area contributed by atoms with Crippen molar-refractivity contribution in [2.24, 2.45) is 5.92 Å². The largest absolute Gasteiger partial charge is 0.493 e. The molecule has 3 rings (SSSR count). The van der Waals surface area contributed by atoms with Gasteiger partial charge in [0.15, 0.2) is 11.5 Å². The van der Waals surface area contributed by atoms with Crippen molar-refractivity contribution >= 4 is 17.6 Å². The van der Waals surface area contributed by atoms with E-state index in [9.17, 15) is 9.59 Å². The van der Waals surface area contributed by atoms with Crippen molar-refractivity contribution in [2.75, 3.05) is 25.7 Å². The summed E-state index contributed by atoms with van der Waals surface area (Å²) in [6.07, 6.45) is 4.86. The number of carbonyl (C=O) groups is 2. The minimum absolute atomic E-state index is 0.0152. The second-order valence-corrected chi connectivity index (χ2v) is 7.43. The Labute approximate surface area is 160 Å². The monoisotopic (exact) mass is 375 g/mol. The lowest BCUT2D eigenvalue weighted by atomic mass is 9.86. The summed E-state index contributed by atoms with van der Waals surface area (Å²) in [5.74, 6) is 1.67. The van der Waals surface area contributed by atoms with E-state index in [1.807, 2.05) is 6.07 Å². The summed E-state index contributed by atoms with van der Waals surface area (Å²) in [6, 6.07) is 5.22. The first-order chi connectivity index (χ1) is 13.0. The van der Waals surface area contributed by atoms with Gasteiger partial charge in [-0.15, -0.1) is 0 Å². The molecule has 0 bridgehead atoms. The number of hydrogen-bond donors (Lipinski definition) is 2. The fraction of sp³-hybridized carbons (Fsp3) is 0.600. The summed E-state index contributed by atoms with van der Waals surface area (Å²) < 4.78 is 10.6. The topological polar surface area (TPSA) is 79.9 Å². The number of carbonyl (C=O) groups excluding carboxylic acids is 2. The third-order valence-electron chi connectivity index (χ3n) is 5.57. The molecule has 2 N–H and O–H groups in total. The summed E-state index contributed by atoms with van der Waals surface area (Å²) in [4.78, 5) is 26.5. The van der Waals surface area contributed by atoms with E-state index in [0.29, 0.717) is 30.4 Å². The van der Waals surface area contributed by atoms with Crippen molar-refractivity contribution in [3.05, 3.63) is 18.2 Å². The summed E-state index contributed by atoms with van der Waals surface area (Å²) in [5, 5.41) is 6.04. The highest BCUT2D eigenvalue weighted by molar-refractivity contribution is 5.97. The Morgan fingerprint density at radius 2 is 1.85 bits per heavy atom. The molecule has 0 unspecified atom stereocenters. The molecule has 3 atom stereocenters. The number of methoxy groups -OCH3 is 2. The molecule has 7 nitrogen and oxygen atoms in total. The van der Waals surface area contributed by atoms with Gasteiger partial charge in [-0.2, -0.15) is 0 Å². The average Bonchev–Trinajstić information content (AvgIpc) is 3.03. The highest BCUT2D eigenvalue weighted by atomic mass is 16.5. The van der Waals surface area contributed by atoms with E-state index in [2.05, 4.69) is 17.6 Å². The van der Waals surface area contributed by atoms with Gasteiger partial charge in [-0.25, -0.2) is 4.79 Å². The van der Waals surface area contributed by atoms with Crippen LogP contribution in [0, 0.1) is 5.92 Å². The van der Waals surface area contributed by atoms with E-state index in [0.717, 1.165) is 24.9 Å². The molecule has 0 aromatic heterocycles. The number of amides is 3. The first-order valence-corrected chi connectivity index (χ1v) is 9.61. The molecule has 1 aliphatic carbocycles. The average molecular weight is 375 g/mol. The summed E-state index contributed by atoms with van der Waals surface area (Å²) in [5.41, 5.74) is 0.739. The molecular formula is C20H29N3O4. The van der Waals surface area contributed by atoms with Gasteiger partial charge >= 0.3 is 6.03 Å². The van der Waals surface area contributed by atoms with Gasteiger partial charge in [-0.3, -0.25) is 4.79 Å². The van der Waals surface area contributed by atoms with E-state index in [1.54, 1.807) is 31.3 Å². The normalized spacial score (nSPS) is 25.2. The summed E-state index contributed by atoms with van der Waals surface area (Å²) in [6.45, 7) is 2.63. The maximum absolute atomic E-state index is 12.4. The minimum atomic E-state index is -0.204. The van der Waals surface area contributed by atoms with Crippen LogP contribution in [-0.4, -0.2) is 44.8 Å². The molecular weight excluding hydrogens is 346 g/mol. The van der Waals surface area contributed by atoms with E-state index in [1.165, 1.54) is 6.42 Å². The fourth-order valence-corrected chi connectivity index (χ4v) is 3.97. The van der Waals surface area contributed by atoms with Crippen molar-refractivity contribution in [2.45, 2.75) is 51.1 Å². The Hall–Kier alpha value is -2.44. The zero-order chi connectivity index (χ0) is 19.4. The molecule has 2 fully saturated rings. The predicted molar refractivity (Wildman–Crippen MR) is 103 cm³/mol. The van der Waals surface area contributed by atoms with Crippen LogP contribution in [0.2, 0.25) is 0 Å². The number of anilines is 1. The first-order valence-electron chi connectivity index (χ1n) is 9.61. The highest BCUT2D eigenvalue weighted by Crippen LogP contribution is 2.33. The summed E-state index contributed by atoms with van der Waals surface area (Å²) in [7, 11) is 3.14. The Balaban J connectivity index is 1.59. The molecule has 7 heteroatoms. The van der Waals surface area contributed by atoms with Crippen LogP contribution in [0.3, 0.4) is 0 Å². The molecule has 1 aliphatic heterocycles. The second kappa shape index (κ2) is 8.50. The molecule has 1 saturated carbocycles. The van der Waals surface area contributed by atoms with Crippen LogP contribution in [0.1, 0.15) is 39.0 Å². The lowest BCUT2D eigenvalue weighted by Crippen LogP contribution is -2.49. The molecule has 27 heavy (non-hydrogen) atoms. The van der Waals surface area contributed by atoms with Crippen LogP contribution in [-0.2, 0) is 4.79 Å². The molecule has 0 spiro atoms. The van der Waals surface area contributed by atoms with E-state index in [4.69, 9.17) is 9.47 Å². The Morgan fingerprint density at radius 3 is 2.56 bits per heavy atom. The lowest BCUT2D eigenvalue weighted by molar-refractivity contribution is -0.117. The lowest BCUT2D eigenvalue weighted by Gasteiger charge is -2.30. The van der Waals surface area contributed by atoms with Crippen LogP contribution in [0.4, 0.5) is 10.5 Å². The minimum Gasteiger partial charge on any atom is -0.493 e. The van der Waals surface area contributed by atoms with Crippen molar-refractivity contribution in [1.82, 2.24) is 10.6 Å². The van der Waals surface area contributed by atoms with Crippen molar-refractivity contribution < 1.29 is 19.1 Å². The number of ether oxygens (including phenoxy) is 2. The third-order valence-corrected chi connectivity index (χ3v) is 5.57. The second-order valence-electron chi connectivity index (χ2n) is 7.43. The number of rotatable bonds is 5. The van der Waals surface area contributed by atoms with Crippen molar-refractivity contribution in [3.8, 4) is 11.5 Å². The van der Waals surface area contributed by atoms with Crippen molar-refractivity contribution in [3.63, 3.8) is 0 Å². The molecule has 1 aromatic rings. The van der Waals surface area contributed by atoms with Gasteiger partial charge < -0.3 is 25.0 Å². The predicted octanol–water partition coefficient (Wildman–Crippen LogP) is 2.69. The van der Waals surface area contributed by atoms with Crippen LogP contribution >= 0.6 is 0 Å². The smallest absolute Gasteiger partial charge is 0.315 e. The van der Waals surface area contributed by atoms with E-state index >= 15 is 0 Å².